The van der Waals surface area contributed by atoms with Crippen LogP contribution in [0.1, 0.15) is 19.4 Å². The van der Waals surface area contributed by atoms with Crippen molar-refractivity contribution in [3.05, 3.63) is 29.8 Å². The minimum absolute atomic E-state index is 0.0158. The lowest BCUT2D eigenvalue weighted by Crippen LogP contribution is -2.40. The largest absolute Gasteiger partial charge is 0.481 e. The third-order valence-corrected chi connectivity index (χ3v) is 3.04. The number of hydrogen-bond acceptors (Lipinski definition) is 3. The lowest BCUT2D eigenvalue weighted by atomic mass is 10.0. The van der Waals surface area contributed by atoms with Gasteiger partial charge in [0.25, 0.3) is 0 Å². The number of hydrogen-bond donors (Lipinski definition) is 2. The Hall–Kier alpha value is -2.18. The van der Waals surface area contributed by atoms with Gasteiger partial charge >= 0.3 is 12.6 Å². The van der Waals surface area contributed by atoms with Crippen LogP contribution in [-0.2, 0) is 16.0 Å². The zero-order chi connectivity index (χ0) is 16.0. The quantitative estimate of drug-likeness (QED) is 0.808. The zero-order valence-corrected chi connectivity index (χ0v) is 11.7. The fourth-order valence-electron chi connectivity index (χ4n) is 1.62. The second-order valence-electron chi connectivity index (χ2n) is 4.68. The number of carbonyl (C=O) groups is 2. The van der Waals surface area contributed by atoms with E-state index in [1.165, 1.54) is 31.2 Å². The molecule has 0 radical (unpaired) electrons. The molecule has 1 amide bonds. The summed E-state index contributed by atoms with van der Waals surface area (Å²) in [5.74, 6) is -2.01. The summed E-state index contributed by atoms with van der Waals surface area (Å²) in [5.41, 5.74) is 0.615. The first-order valence-electron chi connectivity index (χ1n) is 6.35. The van der Waals surface area contributed by atoms with Gasteiger partial charge in [0.15, 0.2) is 0 Å². The standard InChI is InChI=1S/C14H17F2NO4/c1-8(13(19)20)9(2)17-12(18)7-10-3-5-11(6-4-10)21-14(15)16/h3-6,8-9,14H,7H2,1-2H3,(H,17,18)(H,19,20). The van der Waals surface area contributed by atoms with Gasteiger partial charge in [-0.15, -0.1) is 0 Å². The third-order valence-electron chi connectivity index (χ3n) is 3.04. The van der Waals surface area contributed by atoms with Crippen LogP contribution in [0.2, 0.25) is 0 Å². The molecule has 1 aromatic carbocycles. The number of halogens is 2. The zero-order valence-electron chi connectivity index (χ0n) is 11.7. The topological polar surface area (TPSA) is 75.6 Å². The first-order valence-corrected chi connectivity index (χ1v) is 6.35. The van der Waals surface area contributed by atoms with E-state index in [0.717, 1.165) is 0 Å². The number of aliphatic carboxylic acids is 1. The fourth-order valence-corrected chi connectivity index (χ4v) is 1.62. The molecule has 5 nitrogen and oxygen atoms in total. The normalized spacial score (nSPS) is 13.6. The molecule has 0 saturated heterocycles. The van der Waals surface area contributed by atoms with Crippen molar-refractivity contribution < 1.29 is 28.2 Å². The van der Waals surface area contributed by atoms with E-state index >= 15 is 0 Å². The summed E-state index contributed by atoms with van der Waals surface area (Å²) < 4.78 is 28.2. The van der Waals surface area contributed by atoms with Gasteiger partial charge in [0.05, 0.1) is 12.3 Å². The molecule has 2 N–H and O–H groups in total. The number of nitrogens with one attached hydrogen (secondary N) is 1. The second kappa shape index (κ2) is 7.56. The highest BCUT2D eigenvalue weighted by atomic mass is 19.3. The number of carboxylic acid groups (broad SMARTS) is 1. The maximum atomic E-state index is 12.0. The summed E-state index contributed by atoms with van der Waals surface area (Å²) in [4.78, 5) is 22.5. The number of carbonyl (C=O) groups excluding carboxylic acids is 1. The van der Waals surface area contributed by atoms with E-state index in [2.05, 4.69) is 10.1 Å². The Morgan fingerprint density at radius 3 is 2.29 bits per heavy atom. The van der Waals surface area contributed by atoms with Crippen molar-refractivity contribution in [2.45, 2.75) is 32.9 Å². The van der Waals surface area contributed by atoms with Crippen LogP contribution in [-0.4, -0.2) is 29.6 Å². The van der Waals surface area contributed by atoms with Crippen molar-refractivity contribution in [1.82, 2.24) is 5.32 Å². The van der Waals surface area contributed by atoms with Crippen LogP contribution in [0.3, 0.4) is 0 Å². The molecule has 21 heavy (non-hydrogen) atoms. The van der Waals surface area contributed by atoms with E-state index in [0.29, 0.717) is 5.56 Å². The molecule has 2 atom stereocenters. The van der Waals surface area contributed by atoms with E-state index in [1.807, 2.05) is 0 Å². The number of rotatable bonds is 7. The van der Waals surface area contributed by atoms with Crippen LogP contribution in [0, 0.1) is 5.92 Å². The van der Waals surface area contributed by atoms with Crippen LogP contribution in [0.4, 0.5) is 8.78 Å². The molecule has 2 unspecified atom stereocenters. The molecule has 0 aromatic heterocycles. The minimum Gasteiger partial charge on any atom is -0.481 e. The third kappa shape index (κ3) is 5.76. The molecule has 7 heteroatoms. The Morgan fingerprint density at radius 2 is 1.81 bits per heavy atom. The van der Waals surface area contributed by atoms with Gasteiger partial charge in [-0.25, -0.2) is 0 Å². The second-order valence-corrected chi connectivity index (χ2v) is 4.68. The van der Waals surface area contributed by atoms with Gasteiger partial charge in [-0.1, -0.05) is 12.1 Å². The van der Waals surface area contributed by atoms with E-state index in [-0.39, 0.29) is 18.1 Å². The van der Waals surface area contributed by atoms with Gasteiger partial charge in [0.1, 0.15) is 5.75 Å². The molecule has 0 aliphatic rings. The predicted molar refractivity (Wildman–Crippen MR) is 71.2 cm³/mol. The average molecular weight is 301 g/mol. The lowest BCUT2D eigenvalue weighted by molar-refractivity contribution is -0.142. The van der Waals surface area contributed by atoms with Gasteiger partial charge in [-0.05, 0) is 31.5 Å². The first kappa shape index (κ1) is 16.9. The summed E-state index contributed by atoms with van der Waals surface area (Å²) in [7, 11) is 0. The van der Waals surface area contributed by atoms with E-state index in [9.17, 15) is 18.4 Å². The smallest absolute Gasteiger partial charge is 0.387 e. The van der Waals surface area contributed by atoms with Crippen molar-refractivity contribution in [1.29, 1.82) is 0 Å². The molecular weight excluding hydrogens is 284 g/mol. The summed E-state index contributed by atoms with van der Waals surface area (Å²) in [6, 6.07) is 5.19. The highest BCUT2D eigenvalue weighted by Gasteiger charge is 2.20. The van der Waals surface area contributed by atoms with E-state index in [1.54, 1.807) is 6.92 Å². The Labute approximate surface area is 120 Å². The Kier molecular flexibility index (Phi) is 6.08. The van der Waals surface area contributed by atoms with Crippen molar-refractivity contribution in [2.75, 3.05) is 0 Å². The van der Waals surface area contributed by atoms with Crippen molar-refractivity contribution in [3.8, 4) is 5.75 Å². The predicted octanol–water partition coefficient (Wildman–Crippen LogP) is 2.06. The Balaban J connectivity index is 2.53. The molecule has 0 fully saturated rings. The Morgan fingerprint density at radius 1 is 1.24 bits per heavy atom. The van der Waals surface area contributed by atoms with Crippen molar-refractivity contribution in [3.63, 3.8) is 0 Å². The van der Waals surface area contributed by atoms with Crippen LogP contribution >= 0.6 is 0 Å². The molecular formula is C14H17F2NO4. The number of carboxylic acids is 1. The van der Waals surface area contributed by atoms with Crippen LogP contribution in [0.5, 0.6) is 5.75 Å². The van der Waals surface area contributed by atoms with Crippen LogP contribution in [0.25, 0.3) is 0 Å². The molecule has 1 rings (SSSR count). The summed E-state index contributed by atoms with van der Waals surface area (Å²) >= 11 is 0. The number of benzene rings is 1. The molecule has 0 saturated carbocycles. The van der Waals surface area contributed by atoms with Crippen molar-refractivity contribution in [2.24, 2.45) is 5.92 Å². The molecule has 0 spiro atoms. The maximum Gasteiger partial charge on any atom is 0.387 e. The number of alkyl halides is 2. The molecule has 0 heterocycles. The lowest BCUT2D eigenvalue weighted by Gasteiger charge is -2.17. The summed E-state index contributed by atoms with van der Waals surface area (Å²) in [5, 5.41) is 11.4. The number of ether oxygens (including phenoxy) is 1. The summed E-state index contributed by atoms with van der Waals surface area (Å²) in [6.07, 6.45) is 0.0334. The first-order chi connectivity index (χ1) is 9.79. The number of amides is 1. The van der Waals surface area contributed by atoms with E-state index < -0.39 is 24.5 Å². The minimum atomic E-state index is -2.89. The Bertz CT molecular complexity index is 490. The van der Waals surface area contributed by atoms with Crippen LogP contribution < -0.4 is 10.1 Å². The van der Waals surface area contributed by atoms with Gasteiger partial charge in [0, 0.05) is 6.04 Å². The van der Waals surface area contributed by atoms with Crippen LogP contribution in [0.15, 0.2) is 24.3 Å². The SMILES string of the molecule is CC(NC(=O)Cc1ccc(OC(F)F)cc1)C(C)C(=O)O. The molecule has 0 bridgehead atoms. The molecule has 0 aliphatic carbocycles. The fraction of sp³-hybridized carbons (Fsp3) is 0.429. The highest BCUT2D eigenvalue weighted by molar-refractivity contribution is 5.80. The van der Waals surface area contributed by atoms with Gasteiger partial charge < -0.3 is 15.2 Å². The maximum absolute atomic E-state index is 12.0. The molecule has 116 valence electrons. The van der Waals surface area contributed by atoms with Crippen molar-refractivity contribution >= 4 is 11.9 Å². The van der Waals surface area contributed by atoms with Gasteiger partial charge in [-0.3, -0.25) is 9.59 Å². The van der Waals surface area contributed by atoms with Gasteiger partial charge in [-0.2, -0.15) is 8.78 Å². The average Bonchev–Trinajstić information content (AvgIpc) is 2.39. The summed E-state index contributed by atoms with van der Waals surface area (Å²) in [6.45, 7) is 0.220. The van der Waals surface area contributed by atoms with Gasteiger partial charge in [0.2, 0.25) is 5.91 Å². The highest BCUT2D eigenvalue weighted by Crippen LogP contribution is 2.15. The molecule has 1 aromatic rings. The van der Waals surface area contributed by atoms with E-state index in [4.69, 9.17) is 5.11 Å². The monoisotopic (exact) mass is 301 g/mol. The molecule has 0 aliphatic heterocycles.